The van der Waals surface area contributed by atoms with E-state index in [1.807, 2.05) is 48.5 Å². The third-order valence-corrected chi connectivity index (χ3v) is 5.93. The van der Waals surface area contributed by atoms with E-state index in [9.17, 15) is 4.79 Å². The van der Waals surface area contributed by atoms with Crippen molar-refractivity contribution in [3.8, 4) is 11.4 Å². The first kappa shape index (κ1) is 19.8. The molecule has 0 atom stereocenters. The zero-order valence-corrected chi connectivity index (χ0v) is 18.1. The van der Waals surface area contributed by atoms with Crippen molar-refractivity contribution in [1.29, 1.82) is 0 Å². The number of aromatic nitrogens is 5. The smallest absolute Gasteiger partial charge is 0.266 e. The number of nitrogens with zero attached hydrogens (tertiary/aromatic N) is 5. The molecule has 5 aromatic rings. The van der Waals surface area contributed by atoms with Crippen LogP contribution in [0.4, 0.5) is 0 Å². The molecule has 0 aliphatic carbocycles. The fourth-order valence-electron chi connectivity index (χ4n) is 3.14. The van der Waals surface area contributed by atoms with Gasteiger partial charge in [0.25, 0.3) is 5.56 Å². The first-order valence-corrected chi connectivity index (χ1v) is 10.8. The van der Waals surface area contributed by atoms with E-state index in [2.05, 4.69) is 10.3 Å². The van der Waals surface area contributed by atoms with Gasteiger partial charge < -0.3 is 0 Å². The number of benzene rings is 3. The zero-order chi connectivity index (χ0) is 21.4. The van der Waals surface area contributed by atoms with Gasteiger partial charge in [0.15, 0.2) is 16.3 Å². The summed E-state index contributed by atoms with van der Waals surface area (Å²) in [4.78, 5) is 19.1. The van der Waals surface area contributed by atoms with Crippen LogP contribution in [0.15, 0.2) is 93.7 Å². The van der Waals surface area contributed by atoms with Gasteiger partial charge in [0.05, 0.1) is 11.4 Å². The molecule has 0 aliphatic heterocycles. The van der Waals surface area contributed by atoms with E-state index in [0.717, 1.165) is 10.6 Å². The summed E-state index contributed by atoms with van der Waals surface area (Å²) in [5, 5.41) is 9.85. The summed E-state index contributed by atoms with van der Waals surface area (Å²) < 4.78 is 3.05. The van der Waals surface area contributed by atoms with E-state index in [4.69, 9.17) is 28.2 Å². The Hall–Kier alpha value is -3.13. The van der Waals surface area contributed by atoms with Crippen molar-refractivity contribution < 1.29 is 0 Å². The maximum atomic E-state index is 13.5. The molecule has 0 N–H and O–H groups in total. The molecule has 0 bridgehead atoms. The predicted molar refractivity (Wildman–Crippen MR) is 123 cm³/mol. The van der Waals surface area contributed by atoms with Crippen LogP contribution >= 0.6 is 35.0 Å². The van der Waals surface area contributed by atoms with E-state index >= 15 is 0 Å². The fourth-order valence-corrected chi connectivity index (χ4v) is 4.53. The number of rotatable bonds is 4. The van der Waals surface area contributed by atoms with Gasteiger partial charge in [0.2, 0.25) is 0 Å². The van der Waals surface area contributed by atoms with E-state index < -0.39 is 0 Å². The average Bonchev–Trinajstić information content (AvgIpc) is 3.19. The molecule has 0 saturated carbocycles. The Labute approximate surface area is 191 Å². The number of hydrogen-bond acceptors (Lipinski definition) is 5. The van der Waals surface area contributed by atoms with Crippen LogP contribution in [0.3, 0.4) is 0 Å². The van der Waals surface area contributed by atoms with Crippen LogP contribution < -0.4 is 5.56 Å². The lowest BCUT2D eigenvalue weighted by Gasteiger charge is -2.12. The van der Waals surface area contributed by atoms with Crippen LogP contribution in [0.1, 0.15) is 0 Å². The molecular formula is C22H13Cl2N5OS. The van der Waals surface area contributed by atoms with Gasteiger partial charge in [0, 0.05) is 14.9 Å². The average molecular weight is 466 g/mol. The molecule has 0 amide bonds. The van der Waals surface area contributed by atoms with Crippen molar-refractivity contribution in [1.82, 2.24) is 24.5 Å². The molecule has 31 heavy (non-hydrogen) atoms. The number of fused-ring (bicyclic) bond motifs is 1. The maximum Gasteiger partial charge on any atom is 0.288 e. The van der Waals surface area contributed by atoms with Gasteiger partial charge in [0.1, 0.15) is 0 Å². The van der Waals surface area contributed by atoms with E-state index in [0.29, 0.717) is 26.5 Å². The van der Waals surface area contributed by atoms with Gasteiger partial charge in [-0.15, -0.1) is 5.10 Å². The molecule has 0 fully saturated rings. The van der Waals surface area contributed by atoms with Crippen molar-refractivity contribution in [2.24, 2.45) is 0 Å². The minimum atomic E-state index is -0.334. The van der Waals surface area contributed by atoms with Crippen molar-refractivity contribution >= 4 is 46.1 Å². The minimum absolute atomic E-state index is 0.166. The van der Waals surface area contributed by atoms with Gasteiger partial charge in [-0.05, 0) is 48.5 Å². The Balaban J connectivity index is 1.78. The summed E-state index contributed by atoms with van der Waals surface area (Å²) in [5.74, 6) is 0. The van der Waals surface area contributed by atoms with Crippen LogP contribution in [0.2, 0.25) is 10.0 Å². The summed E-state index contributed by atoms with van der Waals surface area (Å²) in [5.41, 5.74) is 1.55. The first-order chi connectivity index (χ1) is 15.1. The van der Waals surface area contributed by atoms with Crippen LogP contribution in [-0.4, -0.2) is 24.5 Å². The Morgan fingerprint density at radius 3 is 2.26 bits per heavy atom. The van der Waals surface area contributed by atoms with Gasteiger partial charge in [-0.3, -0.25) is 9.36 Å². The molecule has 2 aromatic heterocycles. The van der Waals surface area contributed by atoms with Crippen LogP contribution in [0.25, 0.3) is 22.5 Å². The monoisotopic (exact) mass is 465 g/mol. The summed E-state index contributed by atoms with van der Waals surface area (Å²) in [6.07, 6.45) is 0. The summed E-state index contributed by atoms with van der Waals surface area (Å²) >= 11 is 13.7. The second-order valence-electron chi connectivity index (χ2n) is 6.58. The third-order valence-electron chi connectivity index (χ3n) is 4.52. The molecule has 0 saturated heterocycles. The van der Waals surface area contributed by atoms with Gasteiger partial charge in [-0.2, -0.15) is 4.68 Å². The second-order valence-corrected chi connectivity index (χ2v) is 8.50. The highest BCUT2D eigenvalue weighted by Crippen LogP contribution is 2.30. The zero-order valence-electron chi connectivity index (χ0n) is 15.8. The van der Waals surface area contributed by atoms with Gasteiger partial charge in [-0.25, -0.2) is 4.98 Å². The lowest BCUT2D eigenvalue weighted by Crippen LogP contribution is -2.22. The Morgan fingerprint density at radius 2 is 1.52 bits per heavy atom. The second kappa shape index (κ2) is 8.19. The molecule has 9 heteroatoms. The van der Waals surface area contributed by atoms with Crippen molar-refractivity contribution in [2.75, 3.05) is 0 Å². The Kier molecular flexibility index (Phi) is 5.23. The fraction of sp³-hybridized carbons (Fsp3) is 0. The molecule has 5 rings (SSSR count). The lowest BCUT2D eigenvalue weighted by molar-refractivity contribution is 0.794. The predicted octanol–water partition coefficient (Wildman–Crippen LogP) is 5.42. The highest BCUT2D eigenvalue weighted by atomic mass is 35.5. The van der Waals surface area contributed by atoms with E-state index in [1.54, 1.807) is 35.0 Å². The molecule has 152 valence electrons. The lowest BCUT2D eigenvalue weighted by atomic mass is 10.3. The molecule has 0 aliphatic rings. The SMILES string of the molecule is O=c1c2nnn(-c3ccccc3)c2nc(Sc2cccc(Cl)c2)n1-c1cccc(Cl)c1. The molecular weight excluding hydrogens is 453 g/mol. The number of halogens is 2. The number of para-hydroxylation sites is 1. The molecule has 0 radical (unpaired) electrons. The molecule has 3 aromatic carbocycles. The normalized spacial score (nSPS) is 11.2. The van der Waals surface area contributed by atoms with Crippen LogP contribution in [0, 0.1) is 0 Å². The highest BCUT2D eigenvalue weighted by molar-refractivity contribution is 7.99. The highest BCUT2D eigenvalue weighted by Gasteiger charge is 2.19. The topological polar surface area (TPSA) is 65.6 Å². The Bertz CT molecular complexity index is 1470. The summed E-state index contributed by atoms with van der Waals surface area (Å²) in [7, 11) is 0. The van der Waals surface area contributed by atoms with Crippen molar-refractivity contribution in [2.45, 2.75) is 10.1 Å². The summed E-state index contributed by atoms with van der Waals surface area (Å²) in [6.45, 7) is 0. The number of hydrogen-bond donors (Lipinski definition) is 0. The van der Waals surface area contributed by atoms with E-state index in [-0.39, 0.29) is 11.1 Å². The maximum absolute atomic E-state index is 13.5. The molecule has 0 unspecified atom stereocenters. The first-order valence-electron chi connectivity index (χ1n) is 9.23. The van der Waals surface area contributed by atoms with Crippen LogP contribution in [-0.2, 0) is 0 Å². The molecule has 6 nitrogen and oxygen atoms in total. The third kappa shape index (κ3) is 3.83. The van der Waals surface area contributed by atoms with Crippen molar-refractivity contribution in [3.05, 3.63) is 99.3 Å². The Morgan fingerprint density at radius 1 is 0.806 bits per heavy atom. The van der Waals surface area contributed by atoms with E-state index in [1.165, 1.54) is 16.3 Å². The van der Waals surface area contributed by atoms with Gasteiger partial charge in [-0.1, -0.05) is 70.5 Å². The summed E-state index contributed by atoms with van der Waals surface area (Å²) in [6, 6.07) is 23.8. The van der Waals surface area contributed by atoms with Crippen molar-refractivity contribution in [3.63, 3.8) is 0 Å². The minimum Gasteiger partial charge on any atom is -0.266 e. The quantitative estimate of drug-likeness (QED) is 0.331. The standard InChI is InChI=1S/C22H13Cl2N5OS/c23-14-6-4-10-17(12-14)28-21(30)19-20(29(27-26-19)16-8-2-1-3-9-16)25-22(28)31-18-11-5-7-15(24)13-18/h1-13H. The van der Waals surface area contributed by atoms with Crippen LogP contribution in [0.5, 0.6) is 0 Å². The largest absolute Gasteiger partial charge is 0.288 e. The van der Waals surface area contributed by atoms with Gasteiger partial charge >= 0.3 is 0 Å². The molecule has 0 spiro atoms. The molecule has 2 heterocycles.